The van der Waals surface area contributed by atoms with Crippen LogP contribution in [0.5, 0.6) is 0 Å². The maximum absolute atomic E-state index is 12.1. The van der Waals surface area contributed by atoms with Crippen molar-refractivity contribution in [3.05, 3.63) is 35.4 Å². The minimum absolute atomic E-state index is 0.279. The van der Waals surface area contributed by atoms with Gasteiger partial charge in [0, 0.05) is 12.3 Å². The number of carbonyl (C=O) groups excluding carboxylic acids is 1. The highest BCUT2D eigenvalue weighted by molar-refractivity contribution is 5.83. The quantitative estimate of drug-likeness (QED) is 0.840. The minimum Gasteiger partial charge on any atom is -0.317 e. The van der Waals surface area contributed by atoms with E-state index in [1.165, 1.54) is 5.56 Å². The van der Waals surface area contributed by atoms with Gasteiger partial charge in [-0.05, 0) is 38.4 Å². The number of ketones is 1. The van der Waals surface area contributed by atoms with E-state index >= 15 is 0 Å². The third-order valence-electron chi connectivity index (χ3n) is 3.26. The second-order valence-corrected chi connectivity index (χ2v) is 4.66. The molecule has 0 aromatic heterocycles. The zero-order valence-electron chi connectivity index (χ0n) is 9.83. The van der Waals surface area contributed by atoms with Crippen LogP contribution in [0.2, 0.25) is 0 Å². The SMILES string of the molecule is Cc1cccc(CC(=O)C2CCNCC2)c1. The van der Waals surface area contributed by atoms with Crippen LogP contribution in [0.4, 0.5) is 0 Å². The Bertz CT molecular complexity index is 367. The van der Waals surface area contributed by atoms with Crippen molar-refractivity contribution in [2.24, 2.45) is 5.92 Å². The Hall–Kier alpha value is -1.15. The molecule has 1 aromatic carbocycles. The molecule has 0 bridgehead atoms. The highest BCUT2D eigenvalue weighted by atomic mass is 16.1. The first kappa shape index (κ1) is 11.3. The van der Waals surface area contributed by atoms with Crippen LogP contribution in [0.15, 0.2) is 24.3 Å². The lowest BCUT2D eigenvalue weighted by molar-refractivity contribution is -0.122. The largest absolute Gasteiger partial charge is 0.317 e. The van der Waals surface area contributed by atoms with Gasteiger partial charge < -0.3 is 5.32 Å². The van der Waals surface area contributed by atoms with Crippen molar-refractivity contribution in [2.75, 3.05) is 13.1 Å². The summed E-state index contributed by atoms with van der Waals surface area (Å²) in [6, 6.07) is 8.25. The number of aryl methyl sites for hydroxylation is 1. The standard InChI is InChI=1S/C14H19NO/c1-11-3-2-4-12(9-11)10-14(16)13-5-7-15-8-6-13/h2-4,9,13,15H,5-8,10H2,1H3. The van der Waals surface area contributed by atoms with Crippen LogP contribution in [-0.2, 0) is 11.2 Å². The van der Waals surface area contributed by atoms with Gasteiger partial charge in [0.05, 0.1) is 0 Å². The number of piperidine rings is 1. The fourth-order valence-electron chi connectivity index (χ4n) is 2.31. The number of rotatable bonds is 3. The molecule has 0 amide bonds. The zero-order valence-corrected chi connectivity index (χ0v) is 9.83. The van der Waals surface area contributed by atoms with Crippen LogP contribution >= 0.6 is 0 Å². The lowest BCUT2D eigenvalue weighted by atomic mass is 9.90. The molecular weight excluding hydrogens is 198 g/mol. The van der Waals surface area contributed by atoms with Gasteiger partial charge in [-0.25, -0.2) is 0 Å². The van der Waals surface area contributed by atoms with Crippen molar-refractivity contribution in [2.45, 2.75) is 26.2 Å². The summed E-state index contributed by atoms with van der Waals surface area (Å²) < 4.78 is 0. The highest BCUT2D eigenvalue weighted by Gasteiger charge is 2.20. The Kier molecular flexibility index (Phi) is 3.73. The van der Waals surface area contributed by atoms with Crippen molar-refractivity contribution in [3.63, 3.8) is 0 Å². The predicted octanol–water partition coefficient (Wildman–Crippen LogP) is 2.11. The van der Waals surface area contributed by atoms with E-state index in [-0.39, 0.29) is 5.92 Å². The average Bonchev–Trinajstić information content (AvgIpc) is 2.30. The van der Waals surface area contributed by atoms with Gasteiger partial charge >= 0.3 is 0 Å². The van der Waals surface area contributed by atoms with E-state index in [2.05, 4.69) is 24.4 Å². The molecule has 0 unspecified atom stereocenters. The van der Waals surface area contributed by atoms with Gasteiger partial charge in [-0.1, -0.05) is 29.8 Å². The minimum atomic E-state index is 0.279. The number of hydrogen-bond donors (Lipinski definition) is 1. The molecule has 0 saturated carbocycles. The van der Waals surface area contributed by atoms with E-state index < -0.39 is 0 Å². The van der Waals surface area contributed by atoms with E-state index in [9.17, 15) is 4.79 Å². The molecule has 0 spiro atoms. The van der Waals surface area contributed by atoms with Crippen molar-refractivity contribution < 1.29 is 4.79 Å². The number of Topliss-reactive ketones (excluding diaryl/α,β-unsaturated/α-hetero) is 1. The summed E-state index contributed by atoms with van der Waals surface area (Å²) in [5.74, 6) is 0.689. The summed E-state index contributed by atoms with van der Waals surface area (Å²) in [6.45, 7) is 4.05. The van der Waals surface area contributed by atoms with Gasteiger partial charge in [0.2, 0.25) is 0 Å². The maximum atomic E-state index is 12.1. The molecule has 1 aliphatic rings. The second kappa shape index (κ2) is 5.26. The Morgan fingerprint density at radius 2 is 2.12 bits per heavy atom. The summed E-state index contributed by atoms with van der Waals surface area (Å²) in [5, 5.41) is 3.29. The summed E-state index contributed by atoms with van der Waals surface area (Å²) in [6.07, 6.45) is 2.61. The number of hydrogen-bond acceptors (Lipinski definition) is 2. The van der Waals surface area contributed by atoms with Gasteiger partial charge in [-0.3, -0.25) is 4.79 Å². The first-order valence-electron chi connectivity index (χ1n) is 6.04. The molecule has 0 atom stereocenters. The first-order chi connectivity index (χ1) is 7.75. The van der Waals surface area contributed by atoms with Gasteiger partial charge in [0.25, 0.3) is 0 Å². The molecule has 1 N–H and O–H groups in total. The van der Waals surface area contributed by atoms with Crippen molar-refractivity contribution in [1.82, 2.24) is 5.32 Å². The van der Waals surface area contributed by atoms with Crippen LogP contribution < -0.4 is 5.32 Å². The second-order valence-electron chi connectivity index (χ2n) is 4.66. The van der Waals surface area contributed by atoms with Crippen LogP contribution in [0.1, 0.15) is 24.0 Å². The van der Waals surface area contributed by atoms with Gasteiger partial charge in [-0.2, -0.15) is 0 Å². The number of benzene rings is 1. The lowest BCUT2D eigenvalue weighted by Crippen LogP contribution is -2.32. The molecule has 1 aromatic rings. The van der Waals surface area contributed by atoms with Crippen molar-refractivity contribution >= 4 is 5.78 Å². The molecule has 2 rings (SSSR count). The van der Waals surface area contributed by atoms with Crippen molar-refractivity contribution in [1.29, 1.82) is 0 Å². The smallest absolute Gasteiger partial charge is 0.140 e. The van der Waals surface area contributed by atoms with E-state index in [0.717, 1.165) is 31.5 Å². The van der Waals surface area contributed by atoms with E-state index in [1.807, 2.05) is 12.1 Å². The van der Waals surface area contributed by atoms with E-state index in [0.29, 0.717) is 12.2 Å². The Morgan fingerprint density at radius 3 is 2.81 bits per heavy atom. The van der Waals surface area contributed by atoms with Gasteiger partial charge in [0.15, 0.2) is 0 Å². The van der Waals surface area contributed by atoms with Crippen LogP contribution in [0, 0.1) is 12.8 Å². The first-order valence-corrected chi connectivity index (χ1v) is 6.04. The van der Waals surface area contributed by atoms with E-state index in [4.69, 9.17) is 0 Å². The summed E-state index contributed by atoms with van der Waals surface area (Å²) in [5.41, 5.74) is 2.39. The van der Waals surface area contributed by atoms with E-state index in [1.54, 1.807) is 0 Å². The molecule has 2 nitrogen and oxygen atoms in total. The molecular formula is C14H19NO. The topological polar surface area (TPSA) is 29.1 Å². The Balaban J connectivity index is 1.96. The molecule has 0 radical (unpaired) electrons. The molecule has 1 aliphatic heterocycles. The van der Waals surface area contributed by atoms with Crippen molar-refractivity contribution in [3.8, 4) is 0 Å². The molecule has 86 valence electrons. The fourth-order valence-corrected chi connectivity index (χ4v) is 2.31. The monoisotopic (exact) mass is 217 g/mol. The van der Waals surface area contributed by atoms with Crippen LogP contribution in [0.3, 0.4) is 0 Å². The lowest BCUT2D eigenvalue weighted by Gasteiger charge is -2.21. The maximum Gasteiger partial charge on any atom is 0.140 e. The summed E-state index contributed by atoms with van der Waals surface area (Å²) >= 11 is 0. The molecule has 1 heterocycles. The van der Waals surface area contributed by atoms with Crippen LogP contribution in [-0.4, -0.2) is 18.9 Å². The summed E-state index contributed by atoms with van der Waals surface area (Å²) in [7, 11) is 0. The number of nitrogens with one attached hydrogen (secondary N) is 1. The summed E-state index contributed by atoms with van der Waals surface area (Å²) in [4.78, 5) is 12.1. The zero-order chi connectivity index (χ0) is 11.4. The molecule has 1 saturated heterocycles. The number of carbonyl (C=O) groups is 1. The fraction of sp³-hybridized carbons (Fsp3) is 0.500. The van der Waals surface area contributed by atoms with Gasteiger partial charge in [-0.15, -0.1) is 0 Å². The highest BCUT2D eigenvalue weighted by Crippen LogP contribution is 2.16. The molecule has 2 heteroatoms. The Labute approximate surface area is 97.1 Å². The average molecular weight is 217 g/mol. The molecule has 0 aliphatic carbocycles. The van der Waals surface area contributed by atoms with Gasteiger partial charge in [0.1, 0.15) is 5.78 Å². The third-order valence-corrected chi connectivity index (χ3v) is 3.26. The Morgan fingerprint density at radius 1 is 1.38 bits per heavy atom. The predicted molar refractivity (Wildman–Crippen MR) is 65.5 cm³/mol. The molecule has 16 heavy (non-hydrogen) atoms. The normalized spacial score (nSPS) is 17.3. The third kappa shape index (κ3) is 2.92. The molecule has 1 fully saturated rings. The van der Waals surface area contributed by atoms with Crippen LogP contribution in [0.25, 0.3) is 0 Å².